The van der Waals surface area contributed by atoms with Crippen molar-refractivity contribution in [1.29, 1.82) is 0 Å². The van der Waals surface area contributed by atoms with E-state index in [4.69, 9.17) is 0 Å². The summed E-state index contributed by atoms with van der Waals surface area (Å²) < 4.78 is 52.7. The van der Waals surface area contributed by atoms with Crippen molar-refractivity contribution in [3.8, 4) is 0 Å². The molecule has 1 N–H and O–H groups in total. The predicted octanol–water partition coefficient (Wildman–Crippen LogP) is 4.04. The van der Waals surface area contributed by atoms with E-state index in [9.17, 15) is 16.8 Å². The molecule has 150 valence electrons. The molecule has 9 heteroatoms. The molecule has 0 spiro atoms. The van der Waals surface area contributed by atoms with Crippen LogP contribution in [0.5, 0.6) is 0 Å². The Morgan fingerprint density at radius 1 is 1.00 bits per heavy atom. The number of fused-ring (bicyclic) bond motifs is 1. The summed E-state index contributed by atoms with van der Waals surface area (Å²) in [6, 6.07) is 10.4. The minimum absolute atomic E-state index is 0.0439. The molecule has 0 aliphatic heterocycles. The summed E-state index contributed by atoms with van der Waals surface area (Å²) in [5.41, 5.74) is 3.79. The van der Waals surface area contributed by atoms with Gasteiger partial charge in [-0.05, 0) is 55.2 Å². The molecular formula is C19H22N2O4S3. The lowest BCUT2D eigenvalue weighted by Gasteiger charge is -2.09. The van der Waals surface area contributed by atoms with E-state index in [2.05, 4.69) is 9.71 Å². The normalized spacial score (nSPS) is 12.4. The predicted molar refractivity (Wildman–Crippen MR) is 114 cm³/mol. The summed E-state index contributed by atoms with van der Waals surface area (Å²) in [4.78, 5) is 4.18. The second-order valence-corrected chi connectivity index (χ2v) is 11.8. The molecule has 0 aliphatic rings. The molecule has 3 aromatic rings. The highest BCUT2D eigenvalue weighted by atomic mass is 32.2. The van der Waals surface area contributed by atoms with Gasteiger partial charge in [-0.15, -0.1) is 11.3 Å². The zero-order valence-corrected chi connectivity index (χ0v) is 18.3. The Hall–Kier alpha value is -1.97. The average Bonchev–Trinajstić information content (AvgIpc) is 3.02. The van der Waals surface area contributed by atoms with E-state index in [1.165, 1.54) is 0 Å². The molecule has 0 unspecified atom stereocenters. The number of anilines is 1. The highest BCUT2D eigenvalue weighted by Crippen LogP contribution is 2.29. The quantitative estimate of drug-likeness (QED) is 0.601. The minimum atomic E-state index is -3.60. The van der Waals surface area contributed by atoms with Crippen LogP contribution in [0.3, 0.4) is 0 Å². The van der Waals surface area contributed by atoms with E-state index in [1.807, 2.05) is 26.0 Å². The monoisotopic (exact) mass is 438 g/mol. The molecule has 0 saturated heterocycles. The molecule has 3 rings (SSSR count). The Labute approximate surface area is 169 Å². The topological polar surface area (TPSA) is 93.2 Å². The first-order chi connectivity index (χ1) is 13.1. The maximum atomic E-state index is 12.5. The number of hydrogen-bond donors (Lipinski definition) is 1. The zero-order chi connectivity index (χ0) is 20.5. The number of sulfone groups is 1. The van der Waals surface area contributed by atoms with Gasteiger partial charge in [-0.1, -0.05) is 25.1 Å². The highest BCUT2D eigenvalue weighted by molar-refractivity contribution is 7.93. The standard InChI is InChI=1S/C19H22N2O4S3/c1-4-9-27(22,23)19-20-17-8-7-16(11-18(17)26-19)21-28(24,25)12-15-6-5-13(2)14(3)10-15/h5-8,10-11,21H,4,9,12H2,1-3H3. The van der Waals surface area contributed by atoms with Gasteiger partial charge in [0, 0.05) is 0 Å². The molecule has 0 amide bonds. The number of aryl methyl sites for hydroxylation is 2. The van der Waals surface area contributed by atoms with Gasteiger partial charge in [-0.25, -0.2) is 21.8 Å². The summed E-state index contributed by atoms with van der Waals surface area (Å²) in [5, 5.41) is 0. The van der Waals surface area contributed by atoms with E-state index in [0.29, 0.717) is 27.9 Å². The number of benzene rings is 2. The van der Waals surface area contributed by atoms with E-state index in [-0.39, 0.29) is 15.8 Å². The Morgan fingerprint density at radius 2 is 1.75 bits per heavy atom. The number of thiazole rings is 1. The van der Waals surface area contributed by atoms with Gasteiger partial charge in [-0.2, -0.15) is 0 Å². The Balaban J connectivity index is 1.84. The number of nitrogens with zero attached hydrogens (tertiary/aromatic N) is 1. The van der Waals surface area contributed by atoms with Crippen LogP contribution in [0.4, 0.5) is 5.69 Å². The molecule has 1 heterocycles. The maximum Gasteiger partial charge on any atom is 0.236 e. The zero-order valence-electron chi connectivity index (χ0n) is 15.9. The lowest BCUT2D eigenvalue weighted by Crippen LogP contribution is -2.15. The third-order valence-electron chi connectivity index (χ3n) is 4.31. The van der Waals surface area contributed by atoms with E-state index >= 15 is 0 Å². The lowest BCUT2D eigenvalue weighted by atomic mass is 10.1. The fourth-order valence-electron chi connectivity index (χ4n) is 2.78. The van der Waals surface area contributed by atoms with Gasteiger partial charge in [0.15, 0.2) is 0 Å². The van der Waals surface area contributed by atoms with Gasteiger partial charge < -0.3 is 0 Å². The number of nitrogens with one attached hydrogen (secondary N) is 1. The van der Waals surface area contributed by atoms with Gasteiger partial charge in [0.25, 0.3) is 0 Å². The Kier molecular flexibility index (Phi) is 5.79. The van der Waals surface area contributed by atoms with Crippen LogP contribution >= 0.6 is 11.3 Å². The Morgan fingerprint density at radius 3 is 2.43 bits per heavy atom. The number of rotatable bonds is 7. The summed E-state index contributed by atoms with van der Waals surface area (Å²) >= 11 is 1.06. The van der Waals surface area contributed by atoms with Crippen molar-refractivity contribution in [2.45, 2.75) is 37.3 Å². The summed E-state index contributed by atoms with van der Waals surface area (Å²) in [6.45, 7) is 5.72. The van der Waals surface area contributed by atoms with Gasteiger partial charge in [0.05, 0.1) is 27.4 Å². The third-order valence-corrected chi connectivity index (χ3v) is 8.96. The van der Waals surface area contributed by atoms with Crippen molar-refractivity contribution < 1.29 is 16.8 Å². The van der Waals surface area contributed by atoms with Crippen molar-refractivity contribution in [2.75, 3.05) is 10.5 Å². The van der Waals surface area contributed by atoms with Crippen molar-refractivity contribution in [1.82, 2.24) is 4.98 Å². The number of sulfonamides is 1. The van der Waals surface area contributed by atoms with Crippen LogP contribution in [0.1, 0.15) is 30.0 Å². The first-order valence-corrected chi connectivity index (χ1v) is 12.9. The molecule has 0 atom stereocenters. The summed E-state index contributed by atoms with van der Waals surface area (Å²) in [5.74, 6) is -0.0900. The number of aromatic nitrogens is 1. The van der Waals surface area contributed by atoms with Gasteiger partial charge in [0.2, 0.25) is 24.2 Å². The van der Waals surface area contributed by atoms with E-state index in [0.717, 1.165) is 22.5 Å². The largest absolute Gasteiger partial charge is 0.283 e. The fraction of sp³-hybridized carbons (Fsp3) is 0.316. The molecule has 0 fully saturated rings. The minimum Gasteiger partial charge on any atom is -0.283 e. The van der Waals surface area contributed by atoms with Crippen LogP contribution in [0, 0.1) is 13.8 Å². The third kappa shape index (κ3) is 4.71. The van der Waals surface area contributed by atoms with Crippen LogP contribution in [-0.2, 0) is 25.6 Å². The second kappa shape index (κ2) is 7.81. The van der Waals surface area contributed by atoms with Crippen LogP contribution in [0.25, 0.3) is 10.2 Å². The lowest BCUT2D eigenvalue weighted by molar-refractivity contribution is 0.593. The molecule has 0 saturated carbocycles. The first-order valence-electron chi connectivity index (χ1n) is 8.79. The molecular weight excluding hydrogens is 416 g/mol. The van der Waals surface area contributed by atoms with Crippen LogP contribution in [-0.4, -0.2) is 27.6 Å². The molecule has 0 aliphatic carbocycles. The van der Waals surface area contributed by atoms with E-state index < -0.39 is 19.9 Å². The molecule has 2 aromatic carbocycles. The Bertz CT molecular complexity index is 1230. The van der Waals surface area contributed by atoms with Crippen molar-refractivity contribution in [2.24, 2.45) is 0 Å². The van der Waals surface area contributed by atoms with Crippen LogP contribution < -0.4 is 4.72 Å². The van der Waals surface area contributed by atoms with Gasteiger partial charge in [0.1, 0.15) is 0 Å². The summed E-state index contributed by atoms with van der Waals surface area (Å²) in [7, 11) is -7.00. The van der Waals surface area contributed by atoms with Gasteiger partial charge in [-0.3, -0.25) is 4.72 Å². The van der Waals surface area contributed by atoms with Crippen molar-refractivity contribution >= 4 is 47.1 Å². The molecule has 0 radical (unpaired) electrons. The first kappa shape index (κ1) is 20.8. The highest BCUT2D eigenvalue weighted by Gasteiger charge is 2.19. The smallest absolute Gasteiger partial charge is 0.236 e. The van der Waals surface area contributed by atoms with Crippen molar-refractivity contribution in [3.63, 3.8) is 0 Å². The molecule has 1 aromatic heterocycles. The van der Waals surface area contributed by atoms with Gasteiger partial charge >= 0.3 is 0 Å². The summed E-state index contributed by atoms with van der Waals surface area (Å²) in [6.07, 6.45) is 0.516. The molecule has 0 bridgehead atoms. The fourth-order valence-corrected chi connectivity index (χ4v) is 6.67. The average molecular weight is 439 g/mol. The van der Waals surface area contributed by atoms with Crippen LogP contribution in [0.2, 0.25) is 0 Å². The second-order valence-electron chi connectivity index (χ2n) is 6.76. The maximum absolute atomic E-state index is 12.5. The number of hydrogen-bond acceptors (Lipinski definition) is 6. The molecule has 6 nitrogen and oxygen atoms in total. The molecule has 28 heavy (non-hydrogen) atoms. The van der Waals surface area contributed by atoms with Crippen molar-refractivity contribution in [3.05, 3.63) is 53.1 Å². The SMILES string of the molecule is CCCS(=O)(=O)c1nc2ccc(NS(=O)(=O)Cc3ccc(C)c(C)c3)cc2s1. The van der Waals surface area contributed by atoms with E-state index in [1.54, 1.807) is 31.2 Å². The van der Waals surface area contributed by atoms with Crippen LogP contribution in [0.15, 0.2) is 40.7 Å².